The molecule has 0 unspecified atom stereocenters. The van der Waals surface area contributed by atoms with E-state index in [9.17, 15) is 9.59 Å². The number of rotatable bonds is 4. The Morgan fingerprint density at radius 1 is 1.00 bits per heavy atom. The van der Waals surface area contributed by atoms with E-state index in [2.05, 4.69) is 9.80 Å². The van der Waals surface area contributed by atoms with Crippen molar-refractivity contribution >= 4 is 11.8 Å². The molecular formula is C17H29N3O2. The van der Waals surface area contributed by atoms with Crippen molar-refractivity contribution in [2.75, 3.05) is 26.2 Å². The molecule has 0 bridgehead atoms. The Kier molecular flexibility index (Phi) is 5.01. The average molecular weight is 307 g/mol. The van der Waals surface area contributed by atoms with E-state index >= 15 is 0 Å². The van der Waals surface area contributed by atoms with E-state index in [-0.39, 0.29) is 11.8 Å². The van der Waals surface area contributed by atoms with Crippen molar-refractivity contribution in [2.45, 2.75) is 57.4 Å². The van der Waals surface area contributed by atoms with Crippen molar-refractivity contribution in [3.8, 4) is 0 Å². The van der Waals surface area contributed by atoms with Crippen molar-refractivity contribution in [2.24, 2.45) is 17.6 Å². The SMILES string of the molecule is NC(=O)CCN1CCCC[C@H]2CN(C(=O)C3CCCC3)C[C@H]21. The first-order chi connectivity index (χ1) is 10.6. The van der Waals surface area contributed by atoms with E-state index in [0.29, 0.717) is 24.3 Å². The topological polar surface area (TPSA) is 66.6 Å². The first kappa shape index (κ1) is 15.8. The summed E-state index contributed by atoms with van der Waals surface area (Å²) in [5, 5.41) is 0. The molecule has 0 aromatic heterocycles. The third-order valence-corrected chi connectivity index (χ3v) is 5.81. The van der Waals surface area contributed by atoms with Crippen LogP contribution in [0.1, 0.15) is 51.4 Å². The van der Waals surface area contributed by atoms with Crippen molar-refractivity contribution in [1.29, 1.82) is 0 Å². The zero-order chi connectivity index (χ0) is 15.5. The molecule has 2 saturated heterocycles. The molecule has 3 fully saturated rings. The maximum atomic E-state index is 12.7. The van der Waals surface area contributed by atoms with Gasteiger partial charge >= 0.3 is 0 Å². The minimum absolute atomic E-state index is 0.224. The highest BCUT2D eigenvalue weighted by Crippen LogP contribution is 2.33. The lowest BCUT2D eigenvalue weighted by Gasteiger charge is -2.29. The van der Waals surface area contributed by atoms with Crippen LogP contribution in [0.5, 0.6) is 0 Å². The second kappa shape index (κ2) is 6.99. The van der Waals surface area contributed by atoms with Gasteiger partial charge in [0.2, 0.25) is 11.8 Å². The summed E-state index contributed by atoms with van der Waals surface area (Å²) in [5.41, 5.74) is 5.31. The second-order valence-electron chi connectivity index (χ2n) is 7.30. The summed E-state index contributed by atoms with van der Waals surface area (Å²) in [4.78, 5) is 28.3. The molecular weight excluding hydrogens is 278 g/mol. The summed E-state index contributed by atoms with van der Waals surface area (Å²) in [6.45, 7) is 3.58. The molecule has 0 aromatic carbocycles. The van der Waals surface area contributed by atoms with Gasteiger partial charge in [-0.2, -0.15) is 0 Å². The average Bonchev–Trinajstić information content (AvgIpc) is 3.12. The van der Waals surface area contributed by atoms with Gasteiger partial charge in [-0.3, -0.25) is 14.5 Å². The Hall–Kier alpha value is -1.10. The van der Waals surface area contributed by atoms with Crippen LogP contribution >= 0.6 is 0 Å². The quantitative estimate of drug-likeness (QED) is 0.853. The van der Waals surface area contributed by atoms with Gasteiger partial charge < -0.3 is 10.6 Å². The van der Waals surface area contributed by atoms with Crippen LogP contribution in [-0.2, 0) is 9.59 Å². The molecule has 22 heavy (non-hydrogen) atoms. The molecule has 124 valence electrons. The Bertz CT molecular complexity index is 420. The lowest BCUT2D eigenvalue weighted by atomic mass is 9.98. The molecule has 2 N–H and O–H groups in total. The number of hydrogen-bond donors (Lipinski definition) is 1. The highest BCUT2D eigenvalue weighted by Gasteiger charge is 2.41. The second-order valence-corrected chi connectivity index (χ2v) is 7.30. The highest BCUT2D eigenvalue weighted by molar-refractivity contribution is 5.79. The zero-order valence-corrected chi connectivity index (χ0v) is 13.5. The fourth-order valence-corrected chi connectivity index (χ4v) is 4.58. The molecule has 0 aromatic rings. The molecule has 2 aliphatic heterocycles. The van der Waals surface area contributed by atoms with Crippen LogP contribution in [0.15, 0.2) is 0 Å². The van der Waals surface area contributed by atoms with E-state index in [0.717, 1.165) is 39.0 Å². The van der Waals surface area contributed by atoms with Crippen LogP contribution in [-0.4, -0.2) is 53.8 Å². The Morgan fingerprint density at radius 3 is 2.45 bits per heavy atom. The molecule has 2 amide bonds. The third kappa shape index (κ3) is 3.45. The Labute approximate surface area is 133 Å². The summed E-state index contributed by atoms with van der Waals surface area (Å²) in [5.74, 6) is 1.03. The van der Waals surface area contributed by atoms with Crippen molar-refractivity contribution in [1.82, 2.24) is 9.80 Å². The van der Waals surface area contributed by atoms with E-state index < -0.39 is 0 Å². The number of nitrogens with two attached hydrogens (primary N) is 1. The molecule has 0 radical (unpaired) electrons. The van der Waals surface area contributed by atoms with Gasteiger partial charge in [-0.15, -0.1) is 0 Å². The number of primary amides is 1. The highest BCUT2D eigenvalue weighted by atomic mass is 16.2. The summed E-state index contributed by atoms with van der Waals surface area (Å²) in [6, 6.07) is 0.437. The number of nitrogens with zero attached hydrogens (tertiary/aromatic N) is 2. The number of hydrogen-bond acceptors (Lipinski definition) is 3. The van der Waals surface area contributed by atoms with Gasteiger partial charge in [-0.25, -0.2) is 0 Å². The van der Waals surface area contributed by atoms with Crippen LogP contribution < -0.4 is 5.73 Å². The van der Waals surface area contributed by atoms with Crippen LogP contribution in [0.25, 0.3) is 0 Å². The molecule has 2 atom stereocenters. The van der Waals surface area contributed by atoms with Crippen LogP contribution in [0, 0.1) is 11.8 Å². The van der Waals surface area contributed by atoms with E-state index in [1.165, 1.54) is 32.1 Å². The van der Waals surface area contributed by atoms with Gasteiger partial charge in [-0.05, 0) is 38.1 Å². The van der Waals surface area contributed by atoms with Gasteiger partial charge in [0.15, 0.2) is 0 Å². The molecule has 2 heterocycles. The fourth-order valence-electron chi connectivity index (χ4n) is 4.58. The molecule has 5 nitrogen and oxygen atoms in total. The molecule has 3 aliphatic rings. The first-order valence-electron chi connectivity index (χ1n) is 8.96. The first-order valence-corrected chi connectivity index (χ1v) is 8.96. The van der Waals surface area contributed by atoms with E-state index in [1.54, 1.807) is 0 Å². The summed E-state index contributed by atoms with van der Waals surface area (Å²) >= 11 is 0. The third-order valence-electron chi connectivity index (χ3n) is 5.81. The lowest BCUT2D eigenvalue weighted by Crippen LogP contribution is -2.42. The standard InChI is InChI=1S/C17H29N3O2/c18-16(21)8-10-19-9-4-3-7-14-11-20(12-15(14)19)17(22)13-5-1-2-6-13/h13-15H,1-12H2,(H2,18,21)/t14-,15+/m0/s1. The fraction of sp³-hybridized carbons (Fsp3) is 0.882. The predicted molar refractivity (Wildman–Crippen MR) is 85.1 cm³/mol. The van der Waals surface area contributed by atoms with Gasteiger partial charge in [0, 0.05) is 38.0 Å². The molecule has 5 heteroatoms. The normalized spacial score (nSPS) is 30.3. The van der Waals surface area contributed by atoms with Crippen LogP contribution in [0.3, 0.4) is 0 Å². The van der Waals surface area contributed by atoms with Crippen LogP contribution in [0.4, 0.5) is 0 Å². The van der Waals surface area contributed by atoms with E-state index in [1.807, 2.05) is 0 Å². The Balaban J connectivity index is 1.63. The minimum Gasteiger partial charge on any atom is -0.370 e. The zero-order valence-electron chi connectivity index (χ0n) is 13.5. The summed E-state index contributed by atoms with van der Waals surface area (Å²) in [6.07, 6.45) is 8.66. The van der Waals surface area contributed by atoms with Crippen molar-refractivity contribution in [3.05, 3.63) is 0 Å². The lowest BCUT2D eigenvalue weighted by molar-refractivity contribution is -0.134. The monoisotopic (exact) mass is 307 g/mol. The molecule has 3 rings (SSSR count). The van der Waals surface area contributed by atoms with E-state index in [4.69, 9.17) is 5.73 Å². The molecule has 1 saturated carbocycles. The summed E-state index contributed by atoms with van der Waals surface area (Å²) < 4.78 is 0. The smallest absolute Gasteiger partial charge is 0.225 e. The molecule has 1 aliphatic carbocycles. The van der Waals surface area contributed by atoms with Gasteiger partial charge in [0.25, 0.3) is 0 Å². The van der Waals surface area contributed by atoms with Gasteiger partial charge in [0.1, 0.15) is 0 Å². The molecule has 0 spiro atoms. The number of amides is 2. The van der Waals surface area contributed by atoms with Crippen molar-refractivity contribution < 1.29 is 9.59 Å². The van der Waals surface area contributed by atoms with Crippen LogP contribution in [0.2, 0.25) is 0 Å². The maximum absolute atomic E-state index is 12.7. The Morgan fingerprint density at radius 2 is 1.73 bits per heavy atom. The summed E-state index contributed by atoms with van der Waals surface area (Å²) in [7, 11) is 0. The van der Waals surface area contributed by atoms with Crippen molar-refractivity contribution in [3.63, 3.8) is 0 Å². The maximum Gasteiger partial charge on any atom is 0.225 e. The van der Waals surface area contributed by atoms with Gasteiger partial charge in [-0.1, -0.05) is 19.3 Å². The number of fused-ring (bicyclic) bond motifs is 1. The number of carbonyl (C=O) groups excluding carboxylic acids is 2. The largest absolute Gasteiger partial charge is 0.370 e. The number of likely N-dealkylation sites (tertiary alicyclic amines) is 2. The predicted octanol–water partition coefficient (Wildman–Crippen LogP) is 1.36. The minimum atomic E-state index is -0.224. The van der Waals surface area contributed by atoms with Gasteiger partial charge in [0.05, 0.1) is 0 Å². The number of carbonyl (C=O) groups is 2.